The molecular weight excluding hydrogens is 569 g/mol. The normalized spacial score (nSPS) is 11.0. The maximum Gasteiger partial charge on any atom is 0.307 e. The van der Waals surface area contributed by atoms with Crippen molar-refractivity contribution in [1.29, 1.82) is 0 Å². The van der Waals surface area contributed by atoms with E-state index in [9.17, 15) is 14.0 Å². The molecule has 0 aliphatic carbocycles. The molecule has 0 aliphatic rings. The van der Waals surface area contributed by atoms with Crippen LogP contribution in [-0.2, 0) is 4.79 Å². The molecule has 2 amide bonds. The SMILES string of the molecule is CCOc1cc(/C=N/NC(=O)c2cc3cc(Cl)ccc3o2)c(Br)cc1OCC(=O)Nc1ccc(F)cc1. The maximum absolute atomic E-state index is 13.0. The van der Waals surface area contributed by atoms with Gasteiger partial charge in [0.15, 0.2) is 23.9 Å². The highest BCUT2D eigenvalue weighted by Crippen LogP contribution is 2.33. The minimum atomic E-state index is -0.531. The van der Waals surface area contributed by atoms with Gasteiger partial charge in [0, 0.05) is 26.1 Å². The number of rotatable bonds is 9. The zero-order valence-electron chi connectivity index (χ0n) is 19.4. The summed E-state index contributed by atoms with van der Waals surface area (Å²) < 4.78 is 30.4. The molecule has 1 heterocycles. The van der Waals surface area contributed by atoms with Crippen LogP contribution in [0, 0.1) is 5.82 Å². The number of anilines is 1. The van der Waals surface area contributed by atoms with Crippen molar-refractivity contribution in [2.45, 2.75) is 6.92 Å². The Bertz CT molecular complexity index is 1470. The van der Waals surface area contributed by atoms with Crippen molar-refractivity contribution in [1.82, 2.24) is 5.43 Å². The van der Waals surface area contributed by atoms with E-state index in [4.69, 9.17) is 25.5 Å². The molecule has 0 spiro atoms. The lowest BCUT2D eigenvalue weighted by atomic mass is 10.2. The first-order valence-corrected chi connectivity index (χ1v) is 12.2. The number of amides is 2. The van der Waals surface area contributed by atoms with Crippen molar-refractivity contribution in [3.8, 4) is 11.5 Å². The van der Waals surface area contributed by atoms with Gasteiger partial charge in [-0.25, -0.2) is 9.82 Å². The Morgan fingerprint density at radius 1 is 1.08 bits per heavy atom. The first-order valence-electron chi connectivity index (χ1n) is 11.0. The molecule has 0 radical (unpaired) electrons. The van der Waals surface area contributed by atoms with Crippen molar-refractivity contribution in [2.75, 3.05) is 18.5 Å². The number of nitrogens with zero attached hydrogens (tertiary/aromatic N) is 1. The predicted molar refractivity (Wildman–Crippen MR) is 142 cm³/mol. The van der Waals surface area contributed by atoms with E-state index in [0.29, 0.717) is 49.8 Å². The number of ether oxygens (including phenoxy) is 2. The summed E-state index contributed by atoms with van der Waals surface area (Å²) in [6.45, 7) is 1.86. The van der Waals surface area contributed by atoms with Crippen molar-refractivity contribution in [2.24, 2.45) is 5.10 Å². The van der Waals surface area contributed by atoms with Gasteiger partial charge in [-0.15, -0.1) is 0 Å². The van der Waals surface area contributed by atoms with Crippen LogP contribution in [0.15, 0.2) is 74.7 Å². The molecular formula is C26H20BrClFN3O5. The number of furan rings is 1. The van der Waals surface area contributed by atoms with Gasteiger partial charge in [0.2, 0.25) is 0 Å². The van der Waals surface area contributed by atoms with E-state index in [1.54, 1.807) is 36.4 Å². The van der Waals surface area contributed by atoms with E-state index in [0.717, 1.165) is 0 Å². The lowest BCUT2D eigenvalue weighted by Gasteiger charge is -2.14. The van der Waals surface area contributed by atoms with Gasteiger partial charge in [0.25, 0.3) is 5.91 Å². The smallest absolute Gasteiger partial charge is 0.307 e. The van der Waals surface area contributed by atoms with Gasteiger partial charge >= 0.3 is 5.91 Å². The van der Waals surface area contributed by atoms with Gasteiger partial charge in [0.1, 0.15) is 11.4 Å². The van der Waals surface area contributed by atoms with Crippen LogP contribution in [0.1, 0.15) is 23.0 Å². The van der Waals surface area contributed by atoms with Crippen LogP contribution in [0.2, 0.25) is 5.02 Å². The zero-order valence-corrected chi connectivity index (χ0v) is 21.7. The van der Waals surface area contributed by atoms with E-state index in [1.165, 1.54) is 30.5 Å². The first kappa shape index (κ1) is 26.2. The highest BCUT2D eigenvalue weighted by Gasteiger charge is 2.14. The van der Waals surface area contributed by atoms with Crippen LogP contribution in [0.4, 0.5) is 10.1 Å². The van der Waals surface area contributed by atoms with Crippen molar-refractivity contribution < 1.29 is 27.9 Å². The minimum Gasteiger partial charge on any atom is -0.490 e. The largest absolute Gasteiger partial charge is 0.490 e. The van der Waals surface area contributed by atoms with Gasteiger partial charge in [-0.3, -0.25) is 9.59 Å². The number of nitrogens with one attached hydrogen (secondary N) is 2. The fourth-order valence-corrected chi connectivity index (χ4v) is 3.85. The fraction of sp³-hybridized carbons (Fsp3) is 0.115. The van der Waals surface area contributed by atoms with Crippen LogP contribution in [0.3, 0.4) is 0 Å². The van der Waals surface area contributed by atoms with Gasteiger partial charge in [0.05, 0.1) is 12.8 Å². The van der Waals surface area contributed by atoms with Gasteiger partial charge in [-0.1, -0.05) is 11.6 Å². The lowest BCUT2D eigenvalue weighted by Crippen LogP contribution is -2.20. The van der Waals surface area contributed by atoms with Crippen molar-refractivity contribution in [3.05, 3.63) is 87.3 Å². The summed E-state index contributed by atoms with van der Waals surface area (Å²) in [5.74, 6) is -0.565. The minimum absolute atomic E-state index is 0.0890. The Labute approximate surface area is 224 Å². The molecule has 0 atom stereocenters. The average Bonchev–Trinajstić information content (AvgIpc) is 3.29. The summed E-state index contributed by atoms with van der Waals surface area (Å²) in [7, 11) is 0. The molecule has 190 valence electrons. The van der Waals surface area contributed by atoms with E-state index >= 15 is 0 Å². The maximum atomic E-state index is 13.0. The van der Waals surface area contributed by atoms with Gasteiger partial charge < -0.3 is 19.2 Å². The number of carbonyl (C=O) groups excluding carboxylic acids is 2. The van der Waals surface area contributed by atoms with Gasteiger partial charge in [-0.05, 0) is 83.5 Å². The Morgan fingerprint density at radius 3 is 2.59 bits per heavy atom. The molecule has 2 N–H and O–H groups in total. The Morgan fingerprint density at radius 2 is 1.84 bits per heavy atom. The Hall–Kier alpha value is -3.89. The third kappa shape index (κ3) is 6.87. The van der Waals surface area contributed by atoms with Gasteiger partial charge in [-0.2, -0.15) is 5.10 Å². The lowest BCUT2D eigenvalue weighted by molar-refractivity contribution is -0.118. The van der Waals surface area contributed by atoms with Crippen LogP contribution in [0.5, 0.6) is 11.5 Å². The molecule has 0 aliphatic heterocycles. The third-order valence-electron chi connectivity index (χ3n) is 4.92. The second-order valence-corrected chi connectivity index (χ2v) is 8.88. The quantitative estimate of drug-likeness (QED) is 0.180. The van der Waals surface area contributed by atoms with E-state index in [2.05, 4.69) is 31.8 Å². The summed E-state index contributed by atoms with van der Waals surface area (Å²) in [6.07, 6.45) is 1.43. The number of halogens is 3. The summed E-state index contributed by atoms with van der Waals surface area (Å²) in [5.41, 5.74) is 3.98. The van der Waals surface area contributed by atoms with Crippen LogP contribution < -0.4 is 20.2 Å². The summed E-state index contributed by atoms with van der Waals surface area (Å²) >= 11 is 9.41. The average molecular weight is 589 g/mol. The monoisotopic (exact) mass is 587 g/mol. The number of carbonyl (C=O) groups is 2. The number of hydrogen-bond donors (Lipinski definition) is 2. The molecule has 4 aromatic rings. The summed E-state index contributed by atoms with van der Waals surface area (Å²) in [5, 5.41) is 7.86. The van der Waals surface area contributed by atoms with Crippen molar-refractivity contribution >= 4 is 62.2 Å². The number of hydrogen-bond acceptors (Lipinski definition) is 6. The first-order chi connectivity index (χ1) is 17.8. The zero-order chi connectivity index (χ0) is 26.4. The molecule has 0 saturated heterocycles. The highest BCUT2D eigenvalue weighted by atomic mass is 79.9. The molecule has 8 nitrogen and oxygen atoms in total. The van der Waals surface area contributed by atoms with Crippen molar-refractivity contribution in [3.63, 3.8) is 0 Å². The predicted octanol–water partition coefficient (Wildman–Crippen LogP) is 6.17. The van der Waals surface area contributed by atoms with E-state index < -0.39 is 17.6 Å². The van der Waals surface area contributed by atoms with Crippen LogP contribution in [0.25, 0.3) is 11.0 Å². The highest BCUT2D eigenvalue weighted by molar-refractivity contribution is 9.10. The topological polar surface area (TPSA) is 102 Å². The number of fused-ring (bicyclic) bond motifs is 1. The molecule has 4 rings (SSSR count). The summed E-state index contributed by atoms with van der Waals surface area (Å²) in [6, 6.07) is 15.3. The Balaban J connectivity index is 1.41. The Kier molecular flexibility index (Phi) is 8.42. The molecule has 0 bridgehead atoms. The third-order valence-corrected chi connectivity index (χ3v) is 5.84. The molecule has 0 fully saturated rings. The van der Waals surface area contributed by atoms with E-state index in [1.807, 2.05) is 6.92 Å². The van der Waals surface area contributed by atoms with Crippen LogP contribution >= 0.6 is 27.5 Å². The molecule has 37 heavy (non-hydrogen) atoms. The molecule has 11 heteroatoms. The number of hydrazone groups is 1. The molecule has 0 saturated carbocycles. The second kappa shape index (κ2) is 11.9. The van der Waals surface area contributed by atoms with Crippen LogP contribution in [-0.4, -0.2) is 31.2 Å². The summed E-state index contributed by atoms with van der Waals surface area (Å²) in [4.78, 5) is 24.7. The van der Waals surface area contributed by atoms with E-state index in [-0.39, 0.29) is 12.4 Å². The molecule has 0 unspecified atom stereocenters. The standard InChI is InChI=1S/C26H20BrClFN3O5/c1-2-35-22-11-16(13-30-32-26(34)24-10-15-9-17(28)3-8-21(15)37-24)20(27)12-23(22)36-14-25(33)31-19-6-4-18(29)5-7-19/h3-13H,2,14H2,1H3,(H,31,33)(H,32,34)/b30-13+. The fourth-order valence-electron chi connectivity index (χ4n) is 3.25. The molecule has 1 aromatic heterocycles. The molecule has 3 aromatic carbocycles. The second-order valence-electron chi connectivity index (χ2n) is 7.59. The number of benzene rings is 3.